The van der Waals surface area contributed by atoms with Crippen molar-refractivity contribution >= 4 is 28.8 Å². The van der Waals surface area contributed by atoms with E-state index in [0.29, 0.717) is 11.3 Å². The number of nitrogen functional groups attached to an aromatic ring is 1. The van der Waals surface area contributed by atoms with E-state index >= 15 is 0 Å². The summed E-state index contributed by atoms with van der Waals surface area (Å²) < 4.78 is 0. The molecule has 1 atom stereocenters. The van der Waals surface area contributed by atoms with Crippen LogP contribution in [-0.2, 0) is 9.59 Å². The van der Waals surface area contributed by atoms with Gasteiger partial charge in [0.2, 0.25) is 5.91 Å². The third kappa shape index (κ3) is 1.61. The van der Waals surface area contributed by atoms with Crippen LogP contribution in [0.2, 0.25) is 0 Å². The lowest BCUT2D eigenvalue weighted by molar-refractivity contribution is -0.383. The van der Waals surface area contributed by atoms with E-state index < -0.39 is 16.7 Å². The number of rotatable bonds is 2. The van der Waals surface area contributed by atoms with Gasteiger partial charge in [0, 0.05) is 17.3 Å². The summed E-state index contributed by atoms with van der Waals surface area (Å²) >= 11 is 0. The second-order valence-electron chi connectivity index (χ2n) is 3.79. The molecule has 1 aromatic carbocycles. The summed E-state index contributed by atoms with van der Waals surface area (Å²) in [6.45, 7) is 1.27. The van der Waals surface area contributed by atoms with Gasteiger partial charge < -0.3 is 11.1 Å². The van der Waals surface area contributed by atoms with Crippen molar-refractivity contribution in [3.05, 3.63) is 27.8 Å². The number of benzene rings is 1. The molecule has 0 saturated heterocycles. The smallest absolute Gasteiger partial charge is 0.292 e. The van der Waals surface area contributed by atoms with Gasteiger partial charge in [-0.1, -0.05) is 0 Å². The molecule has 0 fully saturated rings. The molecule has 0 saturated carbocycles. The molecule has 0 spiro atoms. The van der Waals surface area contributed by atoms with Crippen molar-refractivity contribution in [1.29, 1.82) is 0 Å². The number of nitro benzene ring substituents is 1. The Bertz CT molecular complexity index is 553. The molecular formula is C10H9N3O4. The first-order valence-electron chi connectivity index (χ1n) is 4.81. The maximum atomic E-state index is 11.5. The van der Waals surface area contributed by atoms with Crippen molar-refractivity contribution < 1.29 is 14.5 Å². The topological polar surface area (TPSA) is 115 Å². The molecule has 1 aromatic rings. The Balaban J connectivity index is 2.62. The summed E-state index contributed by atoms with van der Waals surface area (Å²) in [5.74, 6) is -1.82. The van der Waals surface area contributed by atoms with Gasteiger partial charge in [-0.15, -0.1) is 0 Å². The van der Waals surface area contributed by atoms with Gasteiger partial charge in [-0.2, -0.15) is 0 Å². The fourth-order valence-electron chi connectivity index (χ4n) is 1.88. The molecule has 1 amide bonds. The number of nitrogens with two attached hydrogens (primary N) is 1. The number of Topliss-reactive ketones (excluding diaryl/α,β-unsaturated/α-hetero) is 1. The number of nitrogens with one attached hydrogen (secondary N) is 1. The minimum Gasteiger partial charge on any atom is -0.393 e. The normalized spacial score (nSPS) is 17.5. The lowest BCUT2D eigenvalue weighted by Crippen LogP contribution is -2.18. The van der Waals surface area contributed by atoms with Crippen molar-refractivity contribution in [2.24, 2.45) is 0 Å². The largest absolute Gasteiger partial charge is 0.393 e. The molecule has 17 heavy (non-hydrogen) atoms. The van der Waals surface area contributed by atoms with Crippen molar-refractivity contribution in [3.63, 3.8) is 0 Å². The number of fused-ring (bicyclic) bond motifs is 1. The van der Waals surface area contributed by atoms with E-state index in [-0.39, 0.29) is 17.2 Å². The first-order valence-corrected chi connectivity index (χ1v) is 4.81. The zero-order valence-electron chi connectivity index (χ0n) is 8.89. The van der Waals surface area contributed by atoms with Crippen LogP contribution in [0.1, 0.15) is 18.4 Å². The summed E-state index contributed by atoms with van der Waals surface area (Å²) in [5, 5.41) is 13.2. The number of carbonyl (C=O) groups is 2. The highest BCUT2D eigenvalue weighted by Crippen LogP contribution is 2.38. The lowest BCUT2D eigenvalue weighted by Gasteiger charge is -2.04. The summed E-state index contributed by atoms with van der Waals surface area (Å²) in [6.07, 6.45) is 0. The third-order valence-corrected chi connectivity index (χ3v) is 2.63. The van der Waals surface area contributed by atoms with Crippen molar-refractivity contribution in [2.75, 3.05) is 11.1 Å². The van der Waals surface area contributed by atoms with Crippen LogP contribution in [0.5, 0.6) is 0 Å². The predicted octanol–water partition coefficient (Wildman–Crippen LogP) is 0.802. The zero-order chi connectivity index (χ0) is 12.7. The molecule has 0 radical (unpaired) electrons. The molecule has 0 bridgehead atoms. The first kappa shape index (κ1) is 11.1. The molecule has 1 aliphatic rings. The summed E-state index contributed by atoms with van der Waals surface area (Å²) in [4.78, 5) is 32.9. The number of hydrogen-bond acceptors (Lipinski definition) is 5. The Labute approximate surface area is 95.8 Å². The van der Waals surface area contributed by atoms with Gasteiger partial charge in [0.15, 0.2) is 0 Å². The highest BCUT2D eigenvalue weighted by atomic mass is 16.6. The predicted molar refractivity (Wildman–Crippen MR) is 59.6 cm³/mol. The Morgan fingerprint density at radius 2 is 2.18 bits per heavy atom. The molecule has 0 aromatic heterocycles. The zero-order valence-corrected chi connectivity index (χ0v) is 8.89. The van der Waals surface area contributed by atoms with Crippen LogP contribution in [0.3, 0.4) is 0 Å². The number of anilines is 2. The number of nitrogens with zero attached hydrogens (tertiary/aromatic N) is 1. The van der Waals surface area contributed by atoms with E-state index in [1.54, 1.807) is 0 Å². The number of amides is 1. The monoisotopic (exact) mass is 235 g/mol. The first-order chi connectivity index (χ1) is 7.91. The van der Waals surface area contributed by atoms with Crippen LogP contribution in [0, 0.1) is 10.1 Å². The summed E-state index contributed by atoms with van der Waals surface area (Å²) in [6, 6.07) is 2.48. The third-order valence-electron chi connectivity index (χ3n) is 2.63. The molecule has 88 valence electrons. The maximum Gasteiger partial charge on any atom is 0.292 e. The fraction of sp³-hybridized carbons (Fsp3) is 0.200. The molecule has 2 rings (SSSR count). The number of hydrogen-bond donors (Lipinski definition) is 2. The molecule has 7 nitrogen and oxygen atoms in total. The number of nitro groups is 1. The lowest BCUT2D eigenvalue weighted by atomic mass is 9.96. The highest BCUT2D eigenvalue weighted by molar-refractivity contribution is 6.16. The molecule has 1 aliphatic heterocycles. The Kier molecular flexibility index (Phi) is 2.31. The molecule has 3 N–H and O–H groups in total. The minimum absolute atomic E-state index is 0.0433. The van der Waals surface area contributed by atoms with Crippen LogP contribution in [0.25, 0.3) is 0 Å². The molecule has 1 unspecified atom stereocenters. The van der Waals surface area contributed by atoms with Gasteiger partial charge in [0.25, 0.3) is 5.69 Å². The van der Waals surface area contributed by atoms with Gasteiger partial charge in [-0.25, -0.2) is 0 Å². The van der Waals surface area contributed by atoms with E-state index in [2.05, 4.69) is 5.32 Å². The van der Waals surface area contributed by atoms with Crippen LogP contribution >= 0.6 is 0 Å². The van der Waals surface area contributed by atoms with Gasteiger partial charge in [0.1, 0.15) is 17.4 Å². The van der Waals surface area contributed by atoms with Crippen LogP contribution in [0.15, 0.2) is 12.1 Å². The Morgan fingerprint density at radius 1 is 1.53 bits per heavy atom. The summed E-state index contributed by atoms with van der Waals surface area (Å²) in [7, 11) is 0. The average Bonchev–Trinajstić information content (AvgIpc) is 2.51. The van der Waals surface area contributed by atoms with Crippen molar-refractivity contribution in [3.8, 4) is 0 Å². The maximum absolute atomic E-state index is 11.5. The molecular weight excluding hydrogens is 226 g/mol. The quantitative estimate of drug-likeness (QED) is 0.340. The molecule has 7 heteroatoms. The van der Waals surface area contributed by atoms with E-state index in [1.807, 2.05) is 0 Å². The van der Waals surface area contributed by atoms with Gasteiger partial charge in [-0.3, -0.25) is 19.7 Å². The van der Waals surface area contributed by atoms with Gasteiger partial charge in [-0.05, 0) is 13.0 Å². The Morgan fingerprint density at radius 3 is 2.71 bits per heavy atom. The van der Waals surface area contributed by atoms with Crippen LogP contribution in [-0.4, -0.2) is 16.6 Å². The fourth-order valence-corrected chi connectivity index (χ4v) is 1.88. The molecule has 1 heterocycles. The van der Waals surface area contributed by atoms with E-state index in [4.69, 9.17) is 5.73 Å². The van der Waals surface area contributed by atoms with E-state index in [9.17, 15) is 19.7 Å². The van der Waals surface area contributed by atoms with Crippen LogP contribution in [0.4, 0.5) is 17.1 Å². The number of ketones is 1. The highest BCUT2D eigenvalue weighted by Gasteiger charge is 2.36. The van der Waals surface area contributed by atoms with Gasteiger partial charge >= 0.3 is 0 Å². The van der Waals surface area contributed by atoms with E-state index in [0.717, 1.165) is 0 Å². The average molecular weight is 235 g/mol. The Hall–Kier alpha value is -2.44. The number of carbonyl (C=O) groups excluding carboxylic acids is 2. The minimum atomic E-state index is -0.982. The van der Waals surface area contributed by atoms with Crippen molar-refractivity contribution in [1.82, 2.24) is 0 Å². The molecule has 0 aliphatic carbocycles. The second kappa shape index (κ2) is 3.55. The standard InChI is InChI=1S/C10H9N3O4/c1-4(14)9-5-2-8(13(16)17)6(11)3-7(5)12-10(9)15/h2-3,9H,11H2,1H3,(H,12,15). The van der Waals surface area contributed by atoms with Crippen LogP contribution < -0.4 is 11.1 Å². The summed E-state index contributed by atoms with van der Waals surface area (Å²) in [5.41, 5.74) is 5.81. The van der Waals surface area contributed by atoms with E-state index in [1.165, 1.54) is 19.1 Å². The SMILES string of the molecule is CC(=O)C1C(=O)Nc2cc(N)c([N+](=O)[O-])cc21. The second-order valence-corrected chi connectivity index (χ2v) is 3.79. The van der Waals surface area contributed by atoms with Crippen molar-refractivity contribution in [2.45, 2.75) is 12.8 Å². The van der Waals surface area contributed by atoms with Gasteiger partial charge in [0.05, 0.1) is 4.92 Å².